The molecule has 0 atom stereocenters. The number of nitrogens with two attached hydrogens (primary N) is 1. The van der Waals surface area contributed by atoms with E-state index in [1.165, 1.54) is 24.3 Å². The molecule has 4 nitrogen and oxygen atoms in total. The van der Waals surface area contributed by atoms with Gasteiger partial charge in [0.2, 0.25) is 5.91 Å². The molecule has 1 amide bonds. The Hall–Kier alpha value is -3.62. The Morgan fingerprint density at radius 2 is 1.84 bits per heavy atom. The summed E-state index contributed by atoms with van der Waals surface area (Å²) in [6.07, 6.45) is -4.59. The van der Waals surface area contributed by atoms with E-state index in [1.807, 2.05) is 0 Å². The molecule has 3 aromatic carbocycles. The van der Waals surface area contributed by atoms with Gasteiger partial charge in [0.1, 0.15) is 5.75 Å². The van der Waals surface area contributed by atoms with Gasteiger partial charge < -0.3 is 15.0 Å². The molecule has 1 radical (unpaired) electrons. The number of alkyl halides is 5. The van der Waals surface area contributed by atoms with Crippen molar-refractivity contribution in [3.05, 3.63) is 77.4 Å². The van der Waals surface area contributed by atoms with Crippen LogP contribution in [-0.4, -0.2) is 17.1 Å². The van der Waals surface area contributed by atoms with Gasteiger partial charge in [-0.15, -0.1) is 0 Å². The van der Waals surface area contributed by atoms with Crippen molar-refractivity contribution in [1.82, 2.24) is 4.57 Å². The maximum absolute atomic E-state index is 13.3. The topological polar surface area (TPSA) is 57.2 Å². The van der Waals surface area contributed by atoms with Crippen LogP contribution in [0, 0.1) is 6.07 Å². The van der Waals surface area contributed by atoms with Gasteiger partial charge in [-0.05, 0) is 48.0 Å². The first-order chi connectivity index (χ1) is 14.6. The molecule has 0 fully saturated rings. The van der Waals surface area contributed by atoms with Crippen LogP contribution in [0.1, 0.15) is 21.5 Å². The number of nitrogens with zero attached hydrogens (tertiary/aromatic N) is 1. The molecule has 0 spiro atoms. The van der Waals surface area contributed by atoms with Crippen LogP contribution in [0.5, 0.6) is 5.75 Å². The average Bonchev–Trinajstić information content (AvgIpc) is 3.00. The Kier molecular flexibility index (Phi) is 5.04. The van der Waals surface area contributed by atoms with Crippen molar-refractivity contribution in [3.63, 3.8) is 0 Å². The number of primary amides is 1. The predicted molar refractivity (Wildman–Crippen MR) is 104 cm³/mol. The number of aromatic nitrogens is 1. The number of benzene rings is 3. The summed E-state index contributed by atoms with van der Waals surface area (Å²) in [5.74, 6) is -0.807. The molecule has 0 bridgehead atoms. The molecule has 4 rings (SSSR count). The van der Waals surface area contributed by atoms with E-state index >= 15 is 0 Å². The highest BCUT2D eigenvalue weighted by Gasteiger charge is 2.31. The lowest BCUT2D eigenvalue weighted by Crippen LogP contribution is -2.11. The Morgan fingerprint density at radius 1 is 1.10 bits per heavy atom. The van der Waals surface area contributed by atoms with E-state index < -0.39 is 24.3 Å². The van der Waals surface area contributed by atoms with E-state index in [2.05, 4.69) is 10.8 Å². The number of amides is 1. The van der Waals surface area contributed by atoms with Crippen molar-refractivity contribution in [3.8, 4) is 5.75 Å². The normalized spacial score (nSPS) is 12.1. The van der Waals surface area contributed by atoms with E-state index in [0.717, 1.165) is 12.1 Å². The van der Waals surface area contributed by atoms with Crippen LogP contribution in [0.2, 0.25) is 0 Å². The van der Waals surface area contributed by atoms with Gasteiger partial charge in [-0.3, -0.25) is 4.79 Å². The Balaban J connectivity index is 1.96. The second-order valence-electron chi connectivity index (χ2n) is 6.82. The second-order valence-corrected chi connectivity index (χ2v) is 6.82. The van der Waals surface area contributed by atoms with Gasteiger partial charge in [0.05, 0.1) is 16.6 Å². The molecule has 0 saturated carbocycles. The van der Waals surface area contributed by atoms with E-state index in [0.29, 0.717) is 21.9 Å². The molecule has 0 unspecified atom stereocenters. The fraction of sp³-hybridized carbons (Fsp3) is 0.136. The minimum atomic E-state index is -4.59. The van der Waals surface area contributed by atoms with Gasteiger partial charge in [0, 0.05) is 22.9 Å². The largest absolute Gasteiger partial charge is 0.435 e. The molecule has 0 saturated heterocycles. The van der Waals surface area contributed by atoms with Crippen LogP contribution in [0.15, 0.2) is 54.6 Å². The monoisotopic (exact) mass is 433 g/mol. The molecule has 0 aliphatic rings. The molecule has 2 N–H and O–H groups in total. The molecule has 9 heteroatoms. The standard InChI is InChI=1S/C22H14F5N2O2/c23-21(24)31-14-4-1-3-12(9-14)11-29-17-6-2-5-16(20(28)30)19(17)15-8-7-13(10-18(15)29)22(25,26)27/h1-7,9-10,21H,11H2,(H2,28,30). The molecule has 31 heavy (non-hydrogen) atoms. The molecule has 159 valence electrons. The summed E-state index contributed by atoms with van der Waals surface area (Å²) in [7, 11) is 0. The SMILES string of the molecule is NC(=O)c1cccc2c1c1[c]cc(C(F)(F)F)cc1n2Cc1cccc(OC(F)F)c1. The Morgan fingerprint density at radius 3 is 2.52 bits per heavy atom. The summed E-state index contributed by atoms with van der Waals surface area (Å²) in [6.45, 7) is -2.97. The zero-order chi connectivity index (χ0) is 22.3. The summed E-state index contributed by atoms with van der Waals surface area (Å²) >= 11 is 0. The molecule has 0 aliphatic heterocycles. The van der Waals surface area contributed by atoms with Crippen LogP contribution >= 0.6 is 0 Å². The maximum Gasteiger partial charge on any atom is 0.416 e. The van der Waals surface area contributed by atoms with Crippen molar-refractivity contribution in [2.45, 2.75) is 19.3 Å². The fourth-order valence-electron chi connectivity index (χ4n) is 3.60. The molecule has 1 heterocycles. The van der Waals surface area contributed by atoms with E-state index in [4.69, 9.17) is 5.73 Å². The number of hydrogen-bond acceptors (Lipinski definition) is 2. The highest BCUT2D eigenvalue weighted by Crippen LogP contribution is 2.37. The minimum absolute atomic E-state index is 0.0395. The summed E-state index contributed by atoms with van der Waals surface area (Å²) in [4.78, 5) is 11.9. The number of carbonyl (C=O) groups excluding carboxylic acids is 1. The smallest absolute Gasteiger partial charge is 0.416 e. The van der Waals surface area contributed by atoms with Gasteiger partial charge in [0.25, 0.3) is 0 Å². The lowest BCUT2D eigenvalue weighted by molar-refractivity contribution is -0.137. The van der Waals surface area contributed by atoms with Crippen molar-refractivity contribution in [1.29, 1.82) is 0 Å². The second kappa shape index (κ2) is 7.57. The Bertz CT molecular complexity index is 1290. The number of rotatable bonds is 5. The van der Waals surface area contributed by atoms with Crippen LogP contribution in [0.3, 0.4) is 0 Å². The van der Waals surface area contributed by atoms with Crippen LogP contribution < -0.4 is 10.5 Å². The van der Waals surface area contributed by atoms with Gasteiger partial charge in [-0.25, -0.2) is 0 Å². The number of hydrogen-bond donors (Lipinski definition) is 1. The van der Waals surface area contributed by atoms with Gasteiger partial charge in [-0.1, -0.05) is 18.2 Å². The van der Waals surface area contributed by atoms with Crippen molar-refractivity contribution < 1.29 is 31.5 Å². The van der Waals surface area contributed by atoms with Gasteiger partial charge in [0.15, 0.2) is 0 Å². The highest BCUT2D eigenvalue weighted by atomic mass is 19.4. The summed E-state index contributed by atoms with van der Waals surface area (Å²) in [5, 5.41) is 0.677. The van der Waals surface area contributed by atoms with Crippen molar-refractivity contribution in [2.75, 3.05) is 0 Å². The third-order valence-corrected chi connectivity index (χ3v) is 4.85. The summed E-state index contributed by atoms with van der Waals surface area (Å²) in [6, 6.07) is 15.0. The van der Waals surface area contributed by atoms with Crippen molar-refractivity contribution >= 4 is 27.7 Å². The quantitative estimate of drug-likeness (QED) is 0.431. The summed E-state index contributed by atoms with van der Waals surface area (Å²) < 4.78 is 71.0. The predicted octanol–water partition coefficient (Wildman–Crippen LogP) is 5.36. The lowest BCUT2D eigenvalue weighted by Gasteiger charge is -2.11. The molecule has 1 aromatic heterocycles. The third kappa shape index (κ3) is 3.90. The molecule has 4 aromatic rings. The number of halogens is 5. The third-order valence-electron chi connectivity index (χ3n) is 4.85. The molecule has 0 aliphatic carbocycles. The molecular weight excluding hydrogens is 419 g/mol. The first-order valence-corrected chi connectivity index (χ1v) is 9.02. The molecular formula is C22H14F5N2O2. The lowest BCUT2D eigenvalue weighted by atomic mass is 10.0. The zero-order valence-electron chi connectivity index (χ0n) is 15.7. The maximum atomic E-state index is 13.3. The van der Waals surface area contributed by atoms with E-state index in [1.54, 1.807) is 22.8 Å². The zero-order valence-corrected chi connectivity index (χ0v) is 15.7. The van der Waals surface area contributed by atoms with Gasteiger partial charge in [-0.2, -0.15) is 22.0 Å². The van der Waals surface area contributed by atoms with Crippen LogP contribution in [0.25, 0.3) is 21.8 Å². The fourth-order valence-corrected chi connectivity index (χ4v) is 3.60. The highest BCUT2D eigenvalue weighted by molar-refractivity contribution is 6.17. The van der Waals surface area contributed by atoms with Gasteiger partial charge >= 0.3 is 12.8 Å². The average molecular weight is 433 g/mol. The number of fused-ring (bicyclic) bond motifs is 3. The van der Waals surface area contributed by atoms with E-state index in [9.17, 15) is 26.7 Å². The first-order valence-electron chi connectivity index (χ1n) is 9.02. The Labute approximate surface area is 172 Å². The summed E-state index contributed by atoms with van der Waals surface area (Å²) in [5.41, 5.74) is 5.86. The number of carbonyl (C=O) groups is 1. The number of ether oxygens (including phenoxy) is 1. The van der Waals surface area contributed by atoms with E-state index in [-0.39, 0.29) is 23.4 Å². The minimum Gasteiger partial charge on any atom is -0.435 e. The first kappa shape index (κ1) is 20.6. The van der Waals surface area contributed by atoms with Crippen molar-refractivity contribution in [2.24, 2.45) is 5.73 Å². The van der Waals surface area contributed by atoms with Crippen LogP contribution in [-0.2, 0) is 12.7 Å². The van der Waals surface area contributed by atoms with Crippen LogP contribution in [0.4, 0.5) is 22.0 Å².